The van der Waals surface area contributed by atoms with Gasteiger partial charge in [0.05, 0.1) is 0 Å². The Labute approximate surface area is 163 Å². The zero-order valence-electron chi connectivity index (χ0n) is 14.9. The molecule has 0 bridgehead atoms. The number of anilines is 1. The summed E-state index contributed by atoms with van der Waals surface area (Å²) < 4.78 is 0. The van der Waals surface area contributed by atoms with Crippen LogP contribution in [0.25, 0.3) is 11.1 Å². The van der Waals surface area contributed by atoms with E-state index in [2.05, 4.69) is 14.9 Å². The lowest BCUT2D eigenvalue weighted by atomic mass is 9.88. The van der Waals surface area contributed by atoms with Gasteiger partial charge in [0.2, 0.25) is 5.95 Å². The molecule has 2 aromatic carbocycles. The van der Waals surface area contributed by atoms with E-state index in [1.807, 2.05) is 54.6 Å². The number of halogens is 1. The van der Waals surface area contributed by atoms with Crippen molar-refractivity contribution in [3.8, 4) is 11.1 Å². The van der Waals surface area contributed by atoms with Crippen molar-refractivity contribution in [2.75, 3.05) is 18.0 Å². The molecule has 0 atom stereocenters. The van der Waals surface area contributed by atoms with Crippen LogP contribution in [-0.4, -0.2) is 28.8 Å². The number of carbonyl (C=O) groups excluding carboxylic acids is 1. The van der Waals surface area contributed by atoms with Gasteiger partial charge in [-0.3, -0.25) is 4.79 Å². The van der Waals surface area contributed by atoms with Crippen molar-refractivity contribution in [3.05, 3.63) is 77.6 Å². The second-order valence-corrected chi connectivity index (χ2v) is 7.20. The molecule has 0 saturated carbocycles. The smallest absolute Gasteiger partial charge is 0.225 e. The monoisotopic (exact) mass is 377 g/mol. The maximum Gasteiger partial charge on any atom is 0.225 e. The van der Waals surface area contributed by atoms with Gasteiger partial charge in [-0.1, -0.05) is 48.0 Å². The standard InChI is InChI=1S/C22H20ClN3O/c23-20-4-1-3-19(15-20)16-5-7-17(8-6-16)21(27)18-9-13-26(14-10-18)22-24-11-2-12-25-22/h1-8,11-12,15,18H,9-10,13-14H2. The van der Waals surface area contributed by atoms with E-state index in [0.29, 0.717) is 5.02 Å². The second kappa shape index (κ2) is 7.89. The average molecular weight is 378 g/mol. The molecule has 0 spiro atoms. The van der Waals surface area contributed by atoms with Crippen LogP contribution in [0.2, 0.25) is 5.02 Å². The molecule has 0 N–H and O–H groups in total. The maximum absolute atomic E-state index is 12.9. The normalized spacial score (nSPS) is 14.9. The molecule has 1 fully saturated rings. The van der Waals surface area contributed by atoms with Crippen LogP contribution >= 0.6 is 11.6 Å². The minimum atomic E-state index is 0.0574. The van der Waals surface area contributed by atoms with E-state index in [1.54, 1.807) is 12.4 Å². The highest BCUT2D eigenvalue weighted by Crippen LogP contribution is 2.26. The molecule has 0 amide bonds. The molecule has 5 heteroatoms. The van der Waals surface area contributed by atoms with Crippen molar-refractivity contribution >= 4 is 23.3 Å². The highest BCUT2D eigenvalue weighted by molar-refractivity contribution is 6.30. The molecule has 27 heavy (non-hydrogen) atoms. The van der Waals surface area contributed by atoms with Crippen LogP contribution in [0.1, 0.15) is 23.2 Å². The van der Waals surface area contributed by atoms with Gasteiger partial charge in [0, 0.05) is 42.0 Å². The fraction of sp³-hybridized carbons (Fsp3) is 0.227. The Morgan fingerprint density at radius 3 is 2.30 bits per heavy atom. The number of piperidine rings is 1. The van der Waals surface area contributed by atoms with Crippen LogP contribution in [0.3, 0.4) is 0 Å². The van der Waals surface area contributed by atoms with Crippen LogP contribution in [0.4, 0.5) is 5.95 Å². The van der Waals surface area contributed by atoms with Crippen LogP contribution in [0, 0.1) is 5.92 Å². The van der Waals surface area contributed by atoms with Gasteiger partial charge in [-0.05, 0) is 42.2 Å². The third-order valence-corrected chi connectivity index (χ3v) is 5.26. The minimum Gasteiger partial charge on any atom is -0.341 e. The summed E-state index contributed by atoms with van der Waals surface area (Å²) in [6, 6.07) is 17.4. The first-order chi connectivity index (χ1) is 13.2. The molecule has 0 aliphatic carbocycles. The molecule has 0 radical (unpaired) electrons. The van der Waals surface area contributed by atoms with Gasteiger partial charge in [0.1, 0.15) is 0 Å². The predicted octanol–water partition coefficient (Wildman–Crippen LogP) is 4.90. The molecular weight excluding hydrogens is 358 g/mol. The van der Waals surface area contributed by atoms with Crippen LogP contribution in [0.15, 0.2) is 67.0 Å². The number of Topliss-reactive ketones (excluding diaryl/α,β-unsaturated/α-hetero) is 1. The Bertz CT molecular complexity index is 920. The van der Waals surface area contributed by atoms with Gasteiger partial charge in [0.25, 0.3) is 0 Å². The summed E-state index contributed by atoms with van der Waals surface area (Å²) in [4.78, 5) is 23.6. The molecule has 0 unspecified atom stereocenters. The zero-order valence-corrected chi connectivity index (χ0v) is 15.6. The molecule has 1 saturated heterocycles. The van der Waals surface area contributed by atoms with Crippen LogP contribution in [0.5, 0.6) is 0 Å². The molecule has 2 heterocycles. The van der Waals surface area contributed by atoms with Gasteiger partial charge >= 0.3 is 0 Å². The lowest BCUT2D eigenvalue weighted by Gasteiger charge is -2.31. The first kappa shape index (κ1) is 17.7. The van der Waals surface area contributed by atoms with E-state index in [0.717, 1.165) is 48.6 Å². The molecular formula is C22H20ClN3O. The number of carbonyl (C=O) groups is 1. The topological polar surface area (TPSA) is 46.1 Å². The van der Waals surface area contributed by atoms with E-state index >= 15 is 0 Å². The van der Waals surface area contributed by atoms with E-state index in [9.17, 15) is 4.79 Å². The van der Waals surface area contributed by atoms with E-state index in [1.165, 1.54) is 0 Å². The molecule has 4 nitrogen and oxygen atoms in total. The SMILES string of the molecule is O=C(c1ccc(-c2cccc(Cl)c2)cc1)C1CCN(c2ncccn2)CC1. The zero-order chi connectivity index (χ0) is 18.6. The average Bonchev–Trinajstić information content (AvgIpc) is 2.74. The van der Waals surface area contributed by atoms with Crippen LogP contribution < -0.4 is 4.90 Å². The molecule has 4 rings (SSSR count). The Kier molecular flexibility index (Phi) is 5.16. The van der Waals surface area contributed by atoms with E-state index in [4.69, 9.17) is 11.6 Å². The predicted molar refractivity (Wildman–Crippen MR) is 108 cm³/mol. The fourth-order valence-electron chi connectivity index (χ4n) is 3.53. The summed E-state index contributed by atoms with van der Waals surface area (Å²) in [7, 11) is 0. The second-order valence-electron chi connectivity index (χ2n) is 6.76. The summed E-state index contributed by atoms with van der Waals surface area (Å²) in [6.07, 6.45) is 5.16. The Morgan fingerprint density at radius 2 is 1.63 bits per heavy atom. The summed E-state index contributed by atoms with van der Waals surface area (Å²) in [6.45, 7) is 1.61. The number of ketones is 1. The number of benzene rings is 2. The Hall–Kier alpha value is -2.72. The van der Waals surface area contributed by atoms with Gasteiger partial charge in [-0.2, -0.15) is 0 Å². The third kappa shape index (κ3) is 4.01. The molecule has 3 aromatic rings. The van der Waals surface area contributed by atoms with Crippen molar-refractivity contribution < 1.29 is 4.79 Å². The number of aromatic nitrogens is 2. The Balaban J connectivity index is 1.41. The van der Waals surface area contributed by atoms with E-state index in [-0.39, 0.29) is 11.7 Å². The molecule has 1 aliphatic rings. The van der Waals surface area contributed by atoms with Crippen molar-refractivity contribution in [2.24, 2.45) is 5.92 Å². The minimum absolute atomic E-state index is 0.0574. The van der Waals surface area contributed by atoms with Crippen molar-refractivity contribution in [1.29, 1.82) is 0 Å². The first-order valence-electron chi connectivity index (χ1n) is 9.13. The van der Waals surface area contributed by atoms with Gasteiger partial charge in [-0.25, -0.2) is 9.97 Å². The van der Waals surface area contributed by atoms with Crippen molar-refractivity contribution in [1.82, 2.24) is 9.97 Å². The van der Waals surface area contributed by atoms with Crippen molar-refractivity contribution in [3.63, 3.8) is 0 Å². The van der Waals surface area contributed by atoms with Gasteiger partial charge < -0.3 is 4.90 Å². The largest absolute Gasteiger partial charge is 0.341 e. The molecule has 1 aromatic heterocycles. The maximum atomic E-state index is 12.9. The Morgan fingerprint density at radius 1 is 0.926 bits per heavy atom. The molecule has 136 valence electrons. The van der Waals surface area contributed by atoms with Crippen molar-refractivity contribution in [2.45, 2.75) is 12.8 Å². The summed E-state index contributed by atoms with van der Waals surface area (Å²) in [5.74, 6) is 1.03. The lowest BCUT2D eigenvalue weighted by molar-refractivity contribution is 0.0900. The van der Waals surface area contributed by atoms with Gasteiger partial charge in [-0.15, -0.1) is 0 Å². The number of hydrogen-bond acceptors (Lipinski definition) is 4. The van der Waals surface area contributed by atoms with E-state index < -0.39 is 0 Å². The third-order valence-electron chi connectivity index (χ3n) is 5.03. The first-order valence-corrected chi connectivity index (χ1v) is 9.51. The lowest BCUT2D eigenvalue weighted by Crippen LogP contribution is -2.37. The summed E-state index contributed by atoms with van der Waals surface area (Å²) >= 11 is 6.07. The highest BCUT2D eigenvalue weighted by atomic mass is 35.5. The fourth-order valence-corrected chi connectivity index (χ4v) is 3.72. The quantitative estimate of drug-likeness (QED) is 0.607. The summed E-state index contributed by atoms with van der Waals surface area (Å²) in [5.41, 5.74) is 2.89. The number of rotatable bonds is 4. The number of hydrogen-bond donors (Lipinski definition) is 0. The highest BCUT2D eigenvalue weighted by Gasteiger charge is 2.26. The number of nitrogens with zero attached hydrogens (tertiary/aromatic N) is 3. The van der Waals surface area contributed by atoms with Crippen LogP contribution in [-0.2, 0) is 0 Å². The summed E-state index contributed by atoms with van der Waals surface area (Å²) in [5, 5.41) is 0.710. The van der Waals surface area contributed by atoms with Gasteiger partial charge in [0.15, 0.2) is 5.78 Å². The molecule has 1 aliphatic heterocycles.